The minimum absolute atomic E-state index is 0.0337. The number of nitro benzene ring substituents is 1. The van der Waals surface area contributed by atoms with E-state index >= 15 is 0 Å². The molecule has 154 valence electrons. The van der Waals surface area contributed by atoms with Gasteiger partial charge in [0.15, 0.2) is 5.69 Å². The number of non-ortho nitro benzene ring substituents is 1. The van der Waals surface area contributed by atoms with E-state index in [-0.39, 0.29) is 29.2 Å². The van der Waals surface area contributed by atoms with E-state index in [0.717, 1.165) is 0 Å². The van der Waals surface area contributed by atoms with Crippen molar-refractivity contribution in [3.63, 3.8) is 0 Å². The van der Waals surface area contributed by atoms with E-state index in [2.05, 4.69) is 15.6 Å². The molecule has 1 aromatic carbocycles. The number of carbonyl (C=O) groups is 2. The van der Waals surface area contributed by atoms with Gasteiger partial charge in [-0.1, -0.05) is 25.1 Å². The van der Waals surface area contributed by atoms with E-state index < -0.39 is 4.92 Å². The third kappa shape index (κ3) is 5.15. The van der Waals surface area contributed by atoms with Gasteiger partial charge >= 0.3 is 0 Å². The van der Waals surface area contributed by atoms with E-state index in [1.54, 1.807) is 12.1 Å². The summed E-state index contributed by atoms with van der Waals surface area (Å²) >= 11 is 0. The number of hydrogen-bond donors (Lipinski definition) is 1. The fourth-order valence-corrected chi connectivity index (χ4v) is 3.25. The first-order valence-electron chi connectivity index (χ1n) is 9.59. The third-order valence-corrected chi connectivity index (χ3v) is 4.80. The molecule has 0 saturated carbocycles. The van der Waals surface area contributed by atoms with Gasteiger partial charge in [0.25, 0.3) is 11.6 Å². The fraction of sp³-hybridized carbons (Fsp3) is 0.474. The summed E-state index contributed by atoms with van der Waals surface area (Å²) in [4.78, 5) is 36.9. The number of hydrogen-bond acceptors (Lipinski definition) is 6. The molecule has 29 heavy (non-hydrogen) atoms. The van der Waals surface area contributed by atoms with Crippen LogP contribution in [-0.4, -0.2) is 55.8 Å². The first-order chi connectivity index (χ1) is 13.8. The lowest BCUT2D eigenvalue weighted by atomic mass is 10.0. The van der Waals surface area contributed by atoms with Gasteiger partial charge in [-0.2, -0.15) is 0 Å². The summed E-state index contributed by atoms with van der Waals surface area (Å²) in [5.41, 5.74) is 0.514. The number of nitrogens with one attached hydrogen (secondary N) is 1. The van der Waals surface area contributed by atoms with Crippen molar-refractivity contribution in [3.05, 3.63) is 46.3 Å². The van der Waals surface area contributed by atoms with Crippen LogP contribution in [0.25, 0.3) is 5.69 Å². The van der Waals surface area contributed by atoms with Crippen LogP contribution in [0.4, 0.5) is 5.69 Å². The topological polar surface area (TPSA) is 123 Å². The number of amides is 2. The Balaban J connectivity index is 1.57. The monoisotopic (exact) mass is 400 g/mol. The molecule has 0 aliphatic carbocycles. The zero-order chi connectivity index (χ0) is 21.0. The summed E-state index contributed by atoms with van der Waals surface area (Å²) in [6.07, 6.45) is 3.36. The molecule has 2 amide bonds. The smallest absolute Gasteiger partial charge is 0.273 e. The molecule has 1 aliphatic rings. The highest BCUT2D eigenvalue weighted by atomic mass is 16.6. The summed E-state index contributed by atoms with van der Waals surface area (Å²) < 4.78 is 1.33. The molecular weight excluding hydrogens is 376 g/mol. The Morgan fingerprint density at radius 1 is 1.31 bits per heavy atom. The van der Waals surface area contributed by atoms with Crippen LogP contribution in [0.5, 0.6) is 0 Å². The van der Waals surface area contributed by atoms with Crippen molar-refractivity contribution >= 4 is 17.5 Å². The summed E-state index contributed by atoms with van der Waals surface area (Å²) in [5, 5.41) is 21.6. The van der Waals surface area contributed by atoms with Crippen LogP contribution in [0, 0.1) is 16.0 Å². The third-order valence-electron chi connectivity index (χ3n) is 4.80. The largest absolute Gasteiger partial charge is 0.348 e. The van der Waals surface area contributed by atoms with Crippen molar-refractivity contribution in [2.24, 2.45) is 5.92 Å². The Labute approximate surface area is 168 Å². The Bertz CT molecular complexity index is 902. The average Bonchev–Trinajstić information content (AvgIpc) is 3.18. The van der Waals surface area contributed by atoms with Crippen molar-refractivity contribution in [2.75, 3.05) is 13.1 Å². The molecule has 0 spiro atoms. The highest BCUT2D eigenvalue weighted by Gasteiger charge is 2.25. The van der Waals surface area contributed by atoms with Gasteiger partial charge in [-0.3, -0.25) is 19.7 Å². The molecule has 1 saturated heterocycles. The lowest BCUT2D eigenvalue weighted by Gasteiger charge is -2.32. The number of rotatable bonds is 6. The number of nitro groups is 1. The predicted molar refractivity (Wildman–Crippen MR) is 105 cm³/mol. The first kappa shape index (κ1) is 20.4. The Hall–Kier alpha value is -3.30. The lowest BCUT2D eigenvalue weighted by Crippen LogP contribution is -2.46. The molecule has 1 aromatic heterocycles. The average molecular weight is 400 g/mol. The van der Waals surface area contributed by atoms with E-state index in [0.29, 0.717) is 44.0 Å². The number of likely N-dealkylation sites (tertiary alicyclic amines) is 1. The quantitative estimate of drug-likeness (QED) is 0.584. The van der Waals surface area contributed by atoms with E-state index in [9.17, 15) is 19.7 Å². The molecule has 3 rings (SSSR count). The zero-order valence-corrected chi connectivity index (χ0v) is 16.4. The zero-order valence-electron chi connectivity index (χ0n) is 16.4. The SMILES string of the molecule is CC(C)CC(=O)N1CCC(NC(=O)c2cn(-c3cccc([N+](=O)[O-])c3)nn2)CC1. The highest BCUT2D eigenvalue weighted by Crippen LogP contribution is 2.17. The fourth-order valence-electron chi connectivity index (χ4n) is 3.25. The Morgan fingerprint density at radius 3 is 2.69 bits per heavy atom. The van der Waals surface area contributed by atoms with E-state index in [4.69, 9.17) is 0 Å². The second kappa shape index (κ2) is 8.80. The molecule has 2 aromatic rings. The number of nitrogens with zero attached hydrogens (tertiary/aromatic N) is 5. The molecular formula is C19H24N6O4. The maximum atomic E-state index is 12.5. The Kier molecular flexibility index (Phi) is 6.20. The molecule has 1 aliphatic heterocycles. The molecule has 2 heterocycles. The molecule has 10 heteroatoms. The normalized spacial score (nSPS) is 14.8. The molecule has 10 nitrogen and oxygen atoms in total. The number of aromatic nitrogens is 3. The summed E-state index contributed by atoms with van der Waals surface area (Å²) in [6, 6.07) is 5.90. The van der Waals surface area contributed by atoms with Crippen LogP contribution < -0.4 is 5.32 Å². The second-order valence-corrected chi connectivity index (χ2v) is 7.55. The van der Waals surface area contributed by atoms with Gasteiger partial charge in [0, 0.05) is 37.7 Å². The highest BCUT2D eigenvalue weighted by molar-refractivity contribution is 5.92. The Morgan fingerprint density at radius 2 is 2.03 bits per heavy atom. The molecule has 0 unspecified atom stereocenters. The van der Waals surface area contributed by atoms with Gasteiger partial charge in [-0.05, 0) is 24.8 Å². The second-order valence-electron chi connectivity index (χ2n) is 7.55. The van der Waals surface area contributed by atoms with Gasteiger partial charge in [-0.25, -0.2) is 4.68 Å². The predicted octanol–water partition coefficient (Wildman–Crippen LogP) is 1.94. The van der Waals surface area contributed by atoms with Crippen LogP contribution in [0.2, 0.25) is 0 Å². The van der Waals surface area contributed by atoms with Gasteiger partial charge in [0.2, 0.25) is 5.91 Å². The molecule has 1 N–H and O–H groups in total. The maximum Gasteiger partial charge on any atom is 0.273 e. The van der Waals surface area contributed by atoms with Crippen molar-refractivity contribution in [2.45, 2.75) is 39.2 Å². The molecule has 1 fully saturated rings. The molecule has 0 radical (unpaired) electrons. The van der Waals surface area contributed by atoms with Crippen LogP contribution >= 0.6 is 0 Å². The number of carbonyl (C=O) groups excluding carboxylic acids is 2. The van der Waals surface area contributed by atoms with Crippen LogP contribution in [0.3, 0.4) is 0 Å². The molecule has 0 atom stereocenters. The maximum absolute atomic E-state index is 12.5. The first-order valence-corrected chi connectivity index (χ1v) is 9.59. The number of piperidine rings is 1. The summed E-state index contributed by atoms with van der Waals surface area (Å²) in [7, 11) is 0. The van der Waals surface area contributed by atoms with Crippen LogP contribution in [0.1, 0.15) is 43.6 Å². The van der Waals surface area contributed by atoms with Crippen molar-refractivity contribution in [1.82, 2.24) is 25.2 Å². The van der Waals surface area contributed by atoms with Crippen molar-refractivity contribution in [3.8, 4) is 5.69 Å². The van der Waals surface area contributed by atoms with E-state index in [1.165, 1.54) is 23.0 Å². The lowest BCUT2D eigenvalue weighted by molar-refractivity contribution is -0.384. The van der Waals surface area contributed by atoms with Crippen LogP contribution in [0.15, 0.2) is 30.5 Å². The van der Waals surface area contributed by atoms with Crippen LogP contribution in [-0.2, 0) is 4.79 Å². The van der Waals surface area contributed by atoms with Gasteiger partial charge in [-0.15, -0.1) is 5.10 Å². The standard InChI is InChI=1S/C19H24N6O4/c1-13(2)10-18(26)23-8-6-14(7-9-23)20-19(27)17-12-24(22-21-17)15-4-3-5-16(11-15)25(28)29/h3-5,11-14H,6-10H2,1-2H3,(H,20,27). The minimum atomic E-state index is -0.494. The van der Waals surface area contributed by atoms with Gasteiger partial charge in [0.05, 0.1) is 16.8 Å². The van der Waals surface area contributed by atoms with Crippen molar-refractivity contribution < 1.29 is 14.5 Å². The summed E-state index contributed by atoms with van der Waals surface area (Å²) in [6.45, 7) is 5.28. The van der Waals surface area contributed by atoms with Crippen molar-refractivity contribution in [1.29, 1.82) is 0 Å². The number of benzene rings is 1. The summed E-state index contributed by atoms with van der Waals surface area (Å²) in [5.74, 6) is 0.131. The minimum Gasteiger partial charge on any atom is -0.348 e. The van der Waals surface area contributed by atoms with Gasteiger partial charge in [0.1, 0.15) is 0 Å². The molecule has 0 bridgehead atoms. The van der Waals surface area contributed by atoms with E-state index in [1.807, 2.05) is 18.7 Å². The van der Waals surface area contributed by atoms with Gasteiger partial charge < -0.3 is 10.2 Å².